The van der Waals surface area contributed by atoms with Crippen molar-refractivity contribution in [3.8, 4) is 16.9 Å². The van der Waals surface area contributed by atoms with Crippen LogP contribution in [0, 0.1) is 5.92 Å². The van der Waals surface area contributed by atoms with E-state index in [9.17, 15) is 18.0 Å². The molecule has 2 aromatic carbocycles. The lowest BCUT2D eigenvalue weighted by atomic mass is 10.0. The summed E-state index contributed by atoms with van der Waals surface area (Å²) in [5.74, 6) is -1.05. The van der Waals surface area contributed by atoms with Crippen LogP contribution in [0.5, 0.6) is 5.75 Å². The number of nitrogens with zero attached hydrogens (tertiary/aromatic N) is 3. The minimum Gasteiger partial charge on any atom is -0.494 e. The van der Waals surface area contributed by atoms with Gasteiger partial charge in [0, 0.05) is 42.7 Å². The first-order valence-electron chi connectivity index (χ1n) is 11.3. The van der Waals surface area contributed by atoms with Gasteiger partial charge in [0.2, 0.25) is 0 Å². The van der Waals surface area contributed by atoms with Crippen LogP contribution in [0.1, 0.15) is 12.8 Å². The molecule has 1 aliphatic heterocycles. The van der Waals surface area contributed by atoms with Crippen molar-refractivity contribution in [3.63, 3.8) is 0 Å². The number of anilines is 1. The van der Waals surface area contributed by atoms with E-state index in [1.54, 1.807) is 53.7 Å². The number of hydrogen-bond acceptors (Lipinski definition) is 3. The van der Waals surface area contributed by atoms with Gasteiger partial charge in [-0.15, -0.1) is 0 Å². The number of alkyl halides is 3. The Labute approximate surface area is 207 Å². The third-order valence-electron chi connectivity index (χ3n) is 6.05. The molecule has 2 amide bonds. The SMILES string of the molecule is O=C1N(CCC(CCOc2ccc(-c3ccc(Cl)cc3)cc2)C(F)(F)F)CCN1c1ccncc1. The Hall–Kier alpha value is -3.26. The number of carbonyl (C=O) groups excluding carboxylic acids is 1. The number of urea groups is 1. The van der Waals surface area contributed by atoms with Crippen LogP contribution >= 0.6 is 11.6 Å². The quantitative estimate of drug-likeness (QED) is 0.327. The van der Waals surface area contributed by atoms with Crippen molar-refractivity contribution < 1.29 is 22.7 Å². The molecular formula is C26H25ClF3N3O2. The molecule has 1 atom stereocenters. The molecule has 2 heterocycles. The zero-order chi connectivity index (χ0) is 24.8. The molecular weight excluding hydrogens is 479 g/mol. The van der Waals surface area contributed by atoms with Crippen LogP contribution in [0.25, 0.3) is 11.1 Å². The van der Waals surface area contributed by atoms with E-state index in [1.807, 2.05) is 24.3 Å². The Bertz CT molecular complexity index is 1110. The average molecular weight is 504 g/mol. The fourth-order valence-electron chi connectivity index (χ4n) is 4.04. The third-order valence-corrected chi connectivity index (χ3v) is 6.30. The Morgan fingerprint density at radius 2 is 1.54 bits per heavy atom. The first kappa shape index (κ1) is 24.9. The monoisotopic (exact) mass is 503 g/mol. The number of pyridine rings is 1. The zero-order valence-corrected chi connectivity index (χ0v) is 19.7. The summed E-state index contributed by atoms with van der Waals surface area (Å²) in [6.07, 6.45) is -1.56. The second-order valence-corrected chi connectivity index (χ2v) is 8.76. The van der Waals surface area contributed by atoms with E-state index in [0.29, 0.717) is 29.5 Å². The van der Waals surface area contributed by atoms with E-state index in [0.717, 1.165) is 11.1 Å². The van der Waals surface area contributed by atoms with Crippen LogP contribution in [0.4, 0.5) is 23.7 Å². The van der Waals surface area contributed by atoms with Crippen molar-refractivity contribution in [3.05, 3.63) is 78.1 Å². The van der Waals surface area contributed by atoms with E-state index in [4.69, 9.17) is 16.3 Å². The molecule has 1 fully saturated rings. The van der Waals surface area contributed by atoms with Crippen molar-refractivity contribution in [1.82, 2.24) is 9.88 Å². The molecule has 1 saturated heterocycles. The molecule has 0 saturated carbocycles. The molecule has 184 valence electrons. The molecule has 1 aliphatic rings. The van der Waals surface area contributed by atoms with Crippen molar-refractivity contribution in [2.45, 2.75) is 19.0 Å². The van der Waals surface area contributed by atoms with Gasteiger partial charge in [0.15, 0.2) is 0 Å². The number of halogens is 4. The van der Waals surface area contributed by atoms with E-state index >= 15 is 0 Å². The highest BCUT2D eigenvalue weighted by Gasteiger charge is 2.40. The lowest BCUT2D eigenvalue weighted by Crippen LogP contribution is -2.35. The number of carbonyl (C=O) groups is 1. The molecule has 1 aromatic heterocycles. The van der Waals surface area contributed by atoms with Gasteiger partial charge in [-0.25, -0.2) is 4.79 Å². The fourth-order valence-corrected chi connectivity index (χ4v) is 4.17. The minimum atomic E-state index is -4.37. The topological polar surface area (TPSA) is 45.7 Å². The second-order valence-electron chi connectivity index (χ2n) is 8.32. The van der Waals surface area contributed by atoms with E-state index in [2.05, 4.69) is 4.98 Å². The van der Waals surface area contributed by atoms with Gasteiger partial charge in [-0.1, -0.05) is 35.9 Å². The summed E-state index contributed by atoms with van der Waals surface area (Å²) >= 11 is 5.91. The van der Waals surface area contributed by atoms with E-state index in [-0.39, 0.29) is 32.0 Å². The number of aromatic nitrogens is 1. The highest BCUT2D eigenvalue weighted by atomic mass is 35.5. The predicted molar refractivity (Wildman–Crippen MR) is 130 cm³/mol. The maximum Gasteiger partial charge on any atom is 0.392 e. The molecule has 0 radical (unpaired) electrons. The van der Waals surface area contributed by atoms with Crippen molar-refractivity contribution in [2.75, 3.05) is 31.1 Å². The molecule has 0 bridgehead atoms. The predicted octanol–water partition coefficient (Wildman–Crippen LogP) is 6.68. The first-order chi connectivity index (χ1) is 16.8. The van der Waals surface area contributed by atoms with Crippen LogP contribution in [0.15, 0.2) is 73.1 Å². The van der Waals surface area contributed by atoms with E-state index < -0.39 is 12.1 Å². The Balaban J connectivity index is 1.28. The first-order valence-corrected chi connectivity index (χ1v) is 11.7. The Morgan fingerprint density at radius 3 is 2.17 bits per heavy atom. The molecule has 0 N–H and O–H groups in total. The largest absolute Gasteiger partial charge is 0.494 e. The smallest absolute Gasteiger partial charge is 0.392 e. The number of amides is 2. The summed E-state index contributed by atoms with van der Waals surface area (Å²) in [7, 11) is 0. The van der Waals surface area contributed by atoms with Gasteiger partial charge in [0.25, 0.3) is 0 Å². The summed E-state index contributed by atoms with van der Waals surface area (Å²) in [6.45, 7) is 0.804. The minimum absolute atomic E-state index is 0.0420. The number of hydrogen-bond donors (Lipinski definition) is 0. The highest BCUT2D eigenvalue weighted by molar-refractivity contribution is 6.30. The lowest BCUT2D eigenvalue weighted by molar-refractivity contribution is -0.180. The number of ether oxygens (including phenoxy) is 1. The molecule has 35 heavy (non-hydrogen) atoms. The highest BCUT2D eigenvalue weighted by Crippen LogP contribution is 2.33. The molecule has 1 unspecified atom stereocenters. The van der Waals surface area contributed by atoms with Gasteiger partial charge < -0.3 is 9.64 Å². The summed E-state index contributed by atoms with van der Waals surface area (Å²) in [6, 6.07) is 17.7. The Kier molecular flexibility index (Phi) is 7.80. The summed E-state index contributed by atoms with van der Waals surface area (Å²) in [4.78, 5) is 19.6. The molecule has 9 heteroatoms. The molecule has 3 aromatic rings. The van der Waals surface area contributed by atoms with Crippen LogP contribution < -0.4 is 9.64 Å². The second kappa shape index (κ2) is 11.0. The van der Waals surface area contributed by atoms with Gasteiger partial charge >= 0.3 is 12.2 Å². The van der Waals surface area contributed by atoms with Gasteiger partial charge in [0.05, 0.1) is 12.5 Å². The van der Waals surface area contributed by atoms with Crippen LogP contribution in [0.2, 0.25) is 5.02 Å². The average Bonchev–Trinajstić information content (AvgIpc) is 3.22. The third kappa shape index (κ3) is 6.45. The van der Waals surface area contributed by atoms with Crippen LogP contribution in [-0.4, -0.2) is 48.3 Å². The summed E-state index contributed by atoms with van der Waals surface area (Å²) in [5.41, 5.74) is 2.63. The standard InChI is InChI=1S/C26H25ClF3N3O2/c27-22-5-1-19(2-6-22)20-3-7-24(8-4-20)35-18-12-21(26(28,29)30)11-15-32-16-17-33(25(32)34)23-9-13-31-14-10-23/h1-10,13-14,21H,11-12,15-18H2. The van der Waals surface area contributed by atoms with Gasteiger partial charge in [-0.05, 0) is 60.4 Å². The molecule has 4 rings (SSSR count). The molecule has 5 nitrogen and oxygen atoms in total. The summed E-state index contributed by atoms with van der Waals surface area (Å²) < 4.78 is 46.5. The van der Waals surface area contributed by atoms with E-state index in [1.165, 1.54) is 4.90 Å². The van der Waals surface area contributed by atoms with Gasteiger partial charge in [0.1, 0.15) is 5.75 Å². The fraction of sp³-hybridized carbons (Fsp3) is 0.308. The maximum absolute atomic E-state index is 13.6. The molecule has 0 aliphatic carbocycles. The molecule has 0 spiro atoms. The lowest BCUT2D eigenvalue weighted by Gasteiger charge is -2.24. The van der Waals surface area contributed by atoms with Crippen molar-refractivity contribution >= 4 is 23.3 Å². The van der Waals surface area contributed by atoms with Crippen LogP contribution in [0.3, 0.4) is 0 Å². The van der Waals surface area contributed by atoms with Gasteiger partial charge in [-0.3, -0.25) is 9.88 Å². The number of rotatable bonds is 9. The zero-order valence-electron chi connectivity index (χ0n) is 18.9. The normalized spacial score (nSPS) is 14.9. The van der Waals surface area contributed by atoms with Gasteiger partial charge in [-0.2, -0.15) is 13.2 Å². The number of benzene rings is 2. The maximum atomic E-state index is 13.6. The Morgan fingerprint density at radius 1 is 0.914 bits per heavy atom. The van der Waals surface area contributed by atoms with Crippen molar-refractivity contribution in [2.24, 2.45) is 5.92 Å². The van der Waals surface area contributed by atoms with Crippen LogP contribution in [-0.2, 0) is 0 Å². The summed E-state index contributed by atoms with van der Waals surface area (Å²) in [5, 5.41) is 0.646. The van der Waals surface area contributed by atoms with Crippen molar-refractivity contribution in [1.29, 1.82) is 0 Å².